The summed E-state index contributed by atoms with van der Waals surface area (Å²) in [5.41, 5.74) is 0. The van der Waals surface area contributed by atoms with Crippen LogP contribution in [0.15, 0.2) is 24.3 Å². The second-order valence-corrected chi connectivity index (χ2v) is 7.74. The molecule has 170 valence electrons. The molecule has 1 fully saturated rings. The Labute approximate surface area is 177 Å². The SMILES string of the molecule is CCCCC(CCCC)C(=O)OC[C@H]1O[C@@H](Oc2ccc(O)cc2)[C@H](O)[C@@H](O)[C@@H]1O. The first-order chi connectivity index (χ1) is 14.4. The van der Waals surface area contributed by atoms with Gasteiger partial charge in [-0.25, -0.2) is 0 Å². The lowest BCUT2D eigenvalue weighted by molar-refractivity contribution is -0.278. The molecule has 1 aromatic carbocycles. The predicted molar refractivity (Wildman–Crippen MR) is 109 cm³/mol. The average Bonchev–Trinajstić information content (AvgIpc) is 2.74. The summed E-state index contributed by atoms with van der Waals surface area (Å²) < 4.78 is 16.5. The van der Waals surface area contributed by atoms with Gasteiger partial charge >= 0.3 is 5.97 Å². The summed E-state index contributed by atoms with van der Waals surface area (Å²) in [7, 11) is 0. The molecule has 0 spiro atoms. The molecule has 1 heterocycles. The summed E-state index contributed by atoms with van der Waals surface area (Å²) in [6.45, 7) is 3.87. The molecule has 30 heavy (non-hydrogen) atoms. The third-order valence-electron chi connectivity index (χ3n) is 5.29. The number of phenolic OH excluding ortho intramolecular Hbond substituents is 1. The van der Waals surface area contributed by atoms with Crippen LogP contribution in [0.2, 0.25) is 0 Å². The Bertz CT molecular complexity index is 627. The van der Waals surface area contributed by atoms with Crippen LogP contribution in [0.4, 0.5) is 0 Å². The molecule has 0 bridgehead atoms. The number of benzene rings is 1. The van der Waals surface area contributed by atoms with Crippen molar-refractivity contribution in [3.63, 3.8) is 0 Å². The Morgan fingerprint density at radius 2 is 1.60 bits per heavy atom. The van der Waals surface area contributed by atoms with Crippen LogP contribution in [-0.4, -0.2) is 63.7 Å². The van der Waals surface area contributed by atoms with Crippen molar-refractivity contribution in [3.8, 4) is 11.5 Å². The second kappa shape index (κ2) is 12.1. The van der Waals surface area contributed by atoms with Crippen LogP contribution in [0, 0.1) is 5.92 Å². The Hall–Kier alpha value is -1.87. The molecule has 2 rings (SSSR count). The van der Waals surface area contributed by atoms with Gasteiger partial charge in [0.05, 0.1) is 5.92 Å². The van der Waals surface area contributed by atoms with Crippen LogP contribution in [0.5, 0.6) is 11.5 Å². The van der Waals surface area contributed by atoms with Crippen molar-refractivity contribution >= 4 is 5.97 Å². The zero-order valence-corrected chi connectivity index (χ0v) is 17.6. The van der Waals surface area contributed by atoms with E-state index >= 15 is 0 Å². The minimum absolute atomic E-state index is 0.0495. The minimum atomic E-state index is -1.53. The van der Waals surface area contributed by atoms with E-state index in [1.807, 2.05) is 0 Å². The van der Waals surface area contributed by atoms with Crippen LogP contribution >= 0.6 is 0 Å². The smallest absolute Gasteiger partial charge is 0.309 e. The van der Waals surface area contributed by atoms with Gasteiger partial charge in [0, 0.05) is 0 Å². The summed E-state index contributed by atoms with van der Waals surface area (Å²) in [4.78, 5) is 12.5. The zero-order chi connectivity index (χ0) is 22.1. The first-order valence-corrected chi connectivity index (χ1v) is 10.7. The van der Waals surface area contributed by atoms with Crippen molar-refractivity contribution in [1.82, 2.24) is 0 Å². The standard InChI is InChI=1S/C22H34O8/c1-3-5-7-14(8-6-4-2)21(27)28-13-17-18(24)19(25)20(26)22(30-17)29-16-11-9-15(23)10-12-16/h9-12,14,17-20,22-26H,3-8,13H2,1-2H3/t17-,18-,19+,20-,22-/m1/s1. The molecule has 0 amide bonds. The van der Waals surface area contributed by atoms with E-state index in [-0.39, 0.29) is 24.2 Å². The lowest BCUT2D eigenvalue weighted by Crippen LogP contribution is -2.60. The van der Waals surface area contributed by atoms with Gasteiger partial charge in [0.25, 0.3) is 0 Å². The number of ether oxygens (including phenoxy) is 3. The molecule has 5 atom stereocenters. The highest BCUT2D eigenvalue weighted by Crippen LogP contribution is 2.26. The third kappa shape index (κ3) is 6.84. The number of aliphatic hydroxyl groups excluding tert-OH is 3. The number of carbonyl (C=O) groups is 1. The molecule has 4 N–H and O–H groups in total. The summed E-state index contributed by atoms with van der Waals surface area (Å²) in [6.07, 6.45) is -1.45. The molecule has 8 heteroatoms. The molecule has 8 nitrogen and oxygen atoms in total. The summed E-state index contributed by atoms with van der Waals surface area (Å²) >= 11 is 0. The number of phenols is 1. The molecular weight excluding hydrogens is 392 g/mol. The van der Waals surface area contributed by atoms with E-state index in [0.717, 1.165) is 38.5 Å². The highest BCUT2D eigenvalue weighted by atomic mass is 16.7. The number of hydrogen-bond donors (Lipinski definition) is 4. The van der Waals surface area contributed by atoms with Gasteiger partial charge < -0.3 is 34.6 Å². The number of aliphatic hydroxyl groups is 3. The quantitative estimate of drug-likeness (QED) is 0.397. The van der Waals surface area contributed by atoms with Gasteiger partial charge in [0.2, 0.25) is 6.29 Å². The fourth-order valence-electron chi connectivity index (χ4n) is 3.37. The Kier molecular flexibility index (Phi) is 9.84. The number of hydrogen-bond acceptors (Lipinski definition) is 8. The van der Waals surface area contributed by atoms with Crippen molar-refractivity contribution < 1.29 is 39.4 Å². The van der Waals surface area contributed by atoms with Gasteiger partial charge in [-0.15, -0.1) is 0 Å². The van der Waals surface area contributed by atoms with E-state index in [1.165, 1.54) is 24.3 Å². The molecule has 1 aliphatic rings. The van der Waals surface area contributed by atoms with Crippen LogP contribution < -0.4 is 4.74 Å². The molecule has 0 saturated carbocycles. The maximum atomic E-state index is 12.5. The molecule has 0 aliphatic carbocycles. The van der Waals surface area contributed by atoms with E-state index in [0.29, 0.717) is 5.75 Å². The molecule has 1 aromatic rings. The van der Waals surface area contributed by atoms with Crippen molar-refractivity contribution in [1.29, 1.82) is 0 Å². The highest BCUT2D eigenvalue weighted by Gasteiger charge is 2.45. The van der Waals surface area contributed by atoms with Crippen LogP contribution in [0.1, 0.15) is 52.4 Å². The van der Waals surface area contributed by atoms with E-state index in [9.17, 15) is 25.2 Å². The molecule has 0 unspecified atom stereocenters. The fraction of sp³-hybridized carbons (Fsp3) is 0.682. The zero-order valence-electron chi connectivity index (χ0n) is 17.6. The van der Waals surface area contributed by atoms with Gasteiger partial charge in [0.15, 0.2) is 0 Å². The predicted octanol–water partition coefficient (Wildman–Crippen LogP) is 2.12. The lowest BCUT2D eigenvalue weighted by Gasteiger charge is -2.40. The highest BCUT2D eigenvalue weighted by molar-refractivity contribution is 5.72. The summed E-state index contributed by atoms with van der Waals surface area (Å²) in [6, 6.07) is 5.76. The maximum Gasteiger partial charge on any atom is 0.309 e. The lowest BCUT2D eigenvalue weighted by atomic mass is 9.96. The van der Waals surface area contributed by atoms with Gasteiger partial charge in [-0.1, -0.05) is 39.5 Å². The molecule has 0 radical (unpaired) electrons. The maximum absolute atomic E-state index is 12.5. The Morgan fingerprint density at radius 3 is 2.17 bits per heavy atom. The number of rotatable bonds is 11. The van der Waals surface area contributed by atoms with Crippen molar-refractivity contribution in [2.45, 2.75) is 83.1 Å². The average molecular weight is 427 g/mol. The van der Waals surface area contributed by atoms with Crippen molar-refractivity contribution in [2.75, 3.05) is 6.61 Å². The monoisotopic (exact) mass is 426 g/mol. The molecule has 1 saturated heterocycles. The minimum Gasteiger partial charge on any atom is -0.508 e. The summed E-state index contributed by atoms with van der Waals surface area (Å²) in [5.74, 6) is -0.196. The first kappa shape index (κ1) is 24.4. The number of esters is 1. The van der Waals surface area contributed by atoms with E-state index in [1.54, 1.807) is 0 Å². The fourth-order valence-corrected chi connectivity index (χ4v) is 3.37. The Balaban J connectivity index is 1.97. The molecule has 0 aromatic heterocycles. The first-order valence-electron chi connectivity index (χ1n) is 10.7. The number of carbonyl (C=O) groups excluding carboxylic acids is 1. The third-order valence-corrected chi connectivity index (χ3v) is 5.29. The number of unbranched alkanes of at least 4 members (excludes halogenated alkanes) is 2. The van der Waals surface area contributed by atoms with E-state index in [4.69, 9.17) is 14.2 Å². The van der Waals surface area contributed by atoms with Crippen LogP contribution in [-0.2, 0) is 14.3 Å². The van der Waals surface area contributed by atoms with Gasteiger partial charge in [-0.05, 0) is 37.1 Å². The van der Waals surface area contributed by atoms with Crippen LogP contribution in [0.25, 0.3) is 0 Å². The van der Waals surface area contributed by atoms with E-state index < -0.39 is 30.7 Å². The topological polar surface area (TPSA) is 126 Å². The largest absolute Gasteiger partial charge is 0.508 e. The molecular formula is C22H34O8. The summed E-state index contributed by atoms with van der Waals surface area (Å²) in [5, 5.41) is 40.0. The normalized spacial score (nSPS) is 26.5. The van der Waals surface area contributed by atoms with E-state index in [2.05, 4.69) is 13.8 Å². The van der Waals surface area contributed by atoms with Gasteiger partial charge in [-0.3, -0.25) is 4.79 Å². The molecule has 1 aliphatic heterocycles. The Morgan fingerprint density at radius 1 is 1.00 bits per heavy atom. The van der Waals surface area contributed by atoms with Gasteiger partial charge in [0.1, 0.15) is 42.5 Å². The number of aromatic hydroxyl groups is 1. The van der Waals surface area contributed by atoms with Crippen molar-refractivity contribution in [2.24, 2.45) is 5.92 Å². The van der Waals surface area contributed by atoms with Gasteiger partial charge in [-0.2, -0.15) is 0 Å². The van der Waals surface area contributed by atoms with Crippen LogP contribution in [0.3, 0.4) is 0 Å². The van der Waals surface area contributed by atoms with Crippen molar-refractivity contribution in [3.05, 3.63) is 24.3 Å². The second-order valence-electron chi connectivity index (χ2n) is 7.74.